The molecule has 0 bridgehead atoms. The minimum absolute atomic E-state index is 0.0552. The minimum atomic E-state index is -0.406. The van der Waals surface area contributed by atoms with Crippen LogP contribution in [0.25, 0.3) is 0 Å². The number of amides is 2. The van der Waals surface area contributed by atoms with E-state index in [-0.39, 0.29) is 37.0 Å². The van der Waals surface area contributed by atoms with Gasteiger partial charge in [0.1, 0.15) is 30.5 Å². The Kier molecular flexibility index (Phi) is 8.25. The molecule has 0 radical (unpaired) electrons. The Morgan fingerprint density at radius 3 is 2.64 bits per heavy atom. The molecule has 3 aromatic rings. The largest absolute Gasteiger partial charge is 0.497 e. The number of benzene rings is 2. The molecule has 6 nitrogen and oxygen atoms in total. The van der Waals surface area contributed by atoms with Gasteiger partial charge in [0, 0.05) is 29.1 Å². The van der Waals surface area contributed by atoms with Crippen molar-refractivity contribution in [1.82, 2.24) is 9.80 Å². The van der Waals surface area contributed by atoms with Crippen molar-refractivity contribution < 1.29 is 23.5 Å². The van der Waals surface area contributed by atoms with Gasteiger partial charge in [-0.1, -0.05) is 13.0 Å². The van der Waals surface area contributed by atoms with E-state index in [9.17, 15) is 14.0 Å². The first-order valence-electron chi connectivity index (χ1n) is 12.1. The maximum Gasteiger partial charge on any atom is 0.254 e. The molecule has 0 fully saturated rings. The van der Waals surface area contributed by atoms with E-state index in [2.05, 4.69) is 6.07 Å². The van der Waals surface area contributed by atoms with E-state index in [1.54, 1.807) is 23.3 Å². The Morgan fingerprint density at radius 2 is 1.92 bits per heavy atom. The molecule has 1 aromatic heterocycles. The number of halogens is 1. The zero-order valence-electron chi connectivity index (χ0n) is 20.8. The fourth-order valence-electron chi connectivity index (χ4n) is 4.38. The first-order valence-corrected chi connectivity index (χ1v) is 13.0. The van der Waals surface area contributed by atoms with Crippen molar-refractivity contribution in [3.63, 3.8) is 0 Å². The predicted molar refractivity (Wildman–Crippen MR) is 138 cm³/mol. The summed E-state index contributed by atoms with van der Waals surface area (Å²) in [6, 6.07) is 14.5. The molecule has 2 heterocycles. The Bertz CT molecular complexity index is 1200. The first-order chi connectivity index (χ1) is 17.4. The van der Waals surface area contributed by atoms with Crippen molar-refractivity contribution in [2.75, 3.05) is 26.8 Å². The summed E-state index contributed by atoms with van der Waals surface area (Å²) in [4.78, 5) is 31.6. The third-order valence-corrected chi connectivity index (χ3v) is 7.64. The highest BCUT2D eigenvalue weighted by atomic mass is 32.1. The van der Waals surface area contributed by atoms with E-state index in [1.165, 1.54) is 29.1 Å². The summed E-state index contributed by atoms with van der Waals surface area (Å²) in [5, 5.41) is 2.04. The highest BCUT2D eigenvalue weighted by molar-refractivity contribution is 7.10. The van der Waals surface area contributed by atoms with Gasteiger partial charge in [0.25, 0.3) is 5.91 Å². The third kappa shape index (κ3) is 5.70. The number of nitrogens with zero attached hydrogens (tertiary/aromatic N) is 2. The predicted octanol–water partition coefficient (Wildman–Crippen LogP) is 5.34. The van der Waals surface area contributed by atoms with Gasteiger partial charge in [-0.05, 0) is 73.2 Å². The van der Waals surface area contributed by atoms with Crippen LogP contribution in [-0.2, 0) is 11.2 Å². The molecule has 190 valence electrons. The molecule has 2 amide bonds. The summed E-state index contributed by atoms with van der Waals surface area (Å²) in [5.74, 6) is 0.536. The zero-order valence-corrected chi connectivity index (χ0v) is 21.6. The first kappa shape index (κ1) is 25.7. The van der Waals surface area contributed by atoms with Crippen molar-refractivity contribution in [2.24, 2.45) is 0 Å². The summed E-state index contributed by atoms with van der Waals surface area (Å²) in [5.41, 5.74) is 1.45. The quantitative estimate of drug-likeness (QED) is 0.390. The second kappa shape index (κ2) is 11.6. The fourth-order valence-corrected chi connectivity index (χ4v) is 5.31. The second-order valence-corrected chi connectivity index (χ2v) is 9.84. The van der Waals surface area contributed by atoms with Crippen molar-refractivity contribution >= 4 is 23.2 Å². The van der Waals surface area contributed by atoms with Crippen LogP contribution in [0.4, 0.5) is 4.39 Å². The molecule has 8 heteroatoms. The lowest BCUT2D eigenvalue weighted by molar-refractivity contribution is -0.136. The Balaban J connectivity index is 1.54. The summed E-state index contributed by atoms with van der Waals surface area (Å²) in [7, 11) is 1.61. The molecule has 4 rings (SSSR count). The minimum Gasteiger partial charge on any atom is -0.497 e. The number of thiophene rings is 1. The molecule has 36 heavy (non-hydrogen) atoms. The van der Waals surface area contributed by atoms with Gasteiger partial charge in [0.05, 0.1) is 13.2 Å². The summed E-state index contributed by atoms with van der Waals surface area (Å²) >= 11 is 1.69. The van der Waals surface area contributed by atoms with Crippen LogP contribution >= 0.6 is 11.3 Å². The topological polar surface area (TPSA) is 59.1 Å². The van der Waals surface area contributed by atoms with Gasteiger partial charge in [0.2, 0.25) is 5.91 Å². The van der Waals surface area contributed by atoms with E-state index in [0.29, 0.717) is 30.0 Å². The van der Waals surface area contributed by atoms with Gasteiger partial charge in [-0.3, -0.25) is 9.59 Å². The lowest BCUT2D eigenvalue weighted by Gasteiger charge is -2.38. The van der Waals surface area contributed by atoms with Gasteiger partial charge in [-0.25, -0.2) is 4.39 Å². The van der Waals surface area contributed by atoms with E-state index in [4.69, 9.17) is 9.47 Å². The molecule has 0 unspecified atom stereocenters. The van der Waals surface area contributed by atoms with E-state index < -0.39 is 5.82 Å². The van der Waals surface area contributed by atoms with Crippen LogP contribution in [0, 0.1) is 5.82 Å². The Hall–Kier alpha value is -3.39. The van der Waals surface area contributed by atoms with Crippen molar-refractivity contribution in [2.45, 2.75) is 38.8 Å². The van der Waals surface area contributed by atoms with Gasteiger partial charge >= 0.3 is 0 Å². The number of methoxy groups -OCH3 is 1. The van der Waals surface area contributed by atoms with Crippen LogP contribution in [0.3, 0.4) is 0 Å². The lowest BCUT2D eigenvalue weighted by atomic mass is 10.00. The van der Waals surface area contributed by atoms with Crippen LogP contribution in [0.2, 0.25) is 0 Å². The molecular formula is C28H31FN2O4S. The van der Waals surface area contributed by atoms with Gasteiger partial charge < -0.3 is 19.3 Å². The Labute approximate surface area is 215 Å². The van der Waals surface area contributed by atoms with E-state index >= 15 is 0 Å². The van der Waals surface area contributed by atoms with Gasteiger partial charge in [-0.2, -0.15) is 0 Å². The molecule has 0 saturated heterocycles. The van der Waals surface area contributed by atoms with Crippen LogP contribution in [0.1, 0.15) is 47.1 Å². The summed E-state index contributed by atoms with van der Waals surface area (Å²) in [6.07, 6.45) is 1.46. The smallest absolute Gasteiger partial charge is 0.254 e. The monoisotopic (exact) mass is 510 g/mol. The molecule has 2 atom stereocenters. The highest BCUT2D eigenvalue weighted by Gasteiger charge is 2.34. The normalized spacial score (nSPS) is 15.7. The number of carbonyl (C=O) groups excluding carboxylic acids is 2. The molecule has 0 saturated carbocycles. The summed E-state index contributed by atoms with van der Waals surface area (Å²) < 4.78 is 24.8. The molecule has 1 aliphatic rings. The van der Waals surface area contributed by atoms with Crippen molar-refractivity contribution in [3.8, 4) is 11.5 Å². The van der Waals surface area contributed by atoms with Gasteiger partial charge in [0.15, 0.2) is 0 Å². The van der Waals surface area contributed by atoms with Crippen LogP contribution in [0.15, 0.2) is 60.0 Å². The van der Waals surface area contributed by atoms with E-state index in [0.717, 1.165) is 12.0 Å². The Morgan fingerprint density at radius 1 is 1.17 bits per heavy atom. The maximum atomic E-state index is 13.7. The number of hydrogen-bond donors (Lipinski definition) is 0. The average Bonchev–Trinajstić information content (AvgIpc) is 3.39. The lowest BCUT2D eigenvalue weighted by Crippen LogP contribution is -2.49. The molecule has 0 spiro atoms. The number of ether oxygens (including phenoxy) is 2. The molecular weight excluding hydrogens is 479 g/mol. The molecule has 0 N–H and O–H groups in total. The molecule has 2 aromatic carbocycles. The van der Waals surface area contributed by atoms with Crippen LogP contribution in [-0.4, -0.2) is 54.5 Å². The number of fused-ring (bicyclic) bond motifs is 1. The summed E-state index contributed by atoms with van der Waals surface area (Å²) in [6.45, 7) is 4.68. The molecule has 0 aliphatic carbocycles. The number of rotatable bonds is 9. The SMILES string of the molecule is CC[C@H](C)N(CC(=O)N1CCc2sccc2[C@@H]1COc1cccc(OC)c1)C(=O)c1ccc(F)cc1. The zero-order chi connectivity index (χ0) is 25.7. The fraction of sp³-hybridized carbons (Fsp3) is 0.357. The average molecular weight is 511 g/mol. The van der Waals surface area contributed by atoms with Gasteiger partial charge in [-0.15, -0.1) is 11.3 Å². The maximum absolute atomic E-state index is 13.7. The van der Waals surface area contributed by atoms with E-state index in [1.807, 2.05) is 48.4 Å². The molecule has 1 aliphatic heterocycles. The third-order valence-electron chi connectivity index (χ3n) is 6.64. The highest BCUT2D eigenvalue weighted by Crippen LogP contribution is 2.34. The van der Waals surface area contributed by atoms with Crippen molar-refractivity contribution in [1.29, 1.82) is 0 Å². The standard InChI is InChI=1S/C28H31FN2O4S/c1-4-19(2)31(28(33)20-8-10-21(29)11-9-20)17-27(32)30-14-12-26-24(13-15-36-26)25(30)18-35-23-7-5-6-22(16-23)34-3/h5-11,13,15-16,19,25H,4,12,14,17-18H2,1-3H3/t19-,25-/m0/s1. The van der Waals surface area contributed by atoms with Crippen LogP contribution < -0.4 is 9.47 Å². The number of carbonyl (C=O) groups is 2. The van der Waals surface area contributed by atoms with Crippen molar-refractivity contribution in [3.05, 3.63) is 81.8 Å². The second-order valence-electron chi connectivity index (χ2n) is 8.84. The number of hydrogen-bond acceptors (Lipinski definition) is 5. The van der Waals surface area contributed by atoms with Crippen LogP contribution in [0.5, 0.6) is 11.5 Å².